The summed E-state index contributed by atoms with van der Waals surface area (Å²) >= 11 is 0. The first-order valence-corrected chi connectivity index (χ1v) is 7.59. The van der Waals surface area contributed by atoms with Gasteiger partial charge in [-0.15, -0.1) is 0 Å². The summed E-state index contributed by atoms with van der Waals surface area (Å²) in [5.74, 6) is 0.482. The standard InChI is InChI=1S/C20H17NO3/c22-17-13-11-16(12-14-17)21-20(23)19(15-7-3-1-4-8-15)24-18-9-5-2-6-10-18/h1-14,19,22H,(H,21,23). The number of carbonyl (C=O) groups is 1. The predicted octanol–water partition coefficient (Wildman–Crippen LogP) is 4.15. The summed E-state index contributed by atoms with van der Waals surface area (Å²) < 4.78 is 5.90. The first-order valence-electron chi connectivity index (χ1n) is 7.59. The maximum atomic E-state index is 12.7. The Bertz CT molecular complexity index is 786. The lowest BCUT2D eigenvalue weighted by atomic mass is 10.1. The van der Waals surface area contributed by atoms with Crippen LogP contribution in [-0.4, -0.2) is 11.0 Å². The lowest BCUT2D eigenvalue weighted by Gasteiger charge is -2.19. The number of phenolic OH excluding ortho intramolecular Hbond substituents is 1. The van der Waals surface area contributed by atoms with Gasteiger partial charge in [0, 0.05) is 11.3 Å². The highest BCUT2D eigenvalue weighted by Crippen LogP contribution is 2.24. The number of aromatic hydroxyl groups is 1. The summed E-state index contributed by atoms with van der Waals surface area (Å²) in [7, 11) is 0. The summed E-state index contributed by atoms with van der Waals surface area (Å²) in [6.45, 7) is 0. The van der Waals surface area contributed by atoms with Gasteiger partial charge in [-0.25, -0.2) is 0 Å². The van der Waals surface area contributed by atoms with Gasteiger partial charge in [0.1, 0.15) is 11.5 Å². The number of amides is 1. The molecule has 4 heteroatoms. The summed E-state index contributed by atoms with van der Waals surface area (Å²) in [5.41, 5.74) is 1.35. The molecule has 0 aliphatic rings. The van der Waals surface area contributed by atoms with Crippen molar-refractivity contribution in [2.24, 2.45) is 0 Å². The number of phenols is 1. The van der Waals surface area contributed by atoms with Crippen LogP contribution < -0.4 is 10.1 Å². The van der Waals surface area contributed by atoms with Crippen LogP contribution in [0.4, 0.5) is 5.69 Å². The van der Waals surface area contributed by atoms with Crippen LogP contribution in [-0.2, 0) is 4.79 Å². The van der Waals surface area contributed by atoms with E-state index in [1.165, 1.54) is 12.1 Å². The third kappa shape index (κ3) is 3.93. The molecule has 1 unspecified atom stereocenters. The molecule has 0 aromatic heterocycles. The summed E-state index contributed by atoms with van der Waals surface area (Å²) in [4.78, 5) is 12.7. The molecule has 0 aliphatic heterocycles. The molecule has 0 heterocycles. The lowest BCUT2D eigenvalue weighted by Crippen LogP contribution is -2.25. The molecule has 0 saturated heterocycles. The van der Waals surface area contributed by atoms with Crippen LogP contribution in [0.5, 0.6) is 11.5 Å². The number of rotatable bonds is 5. The largest absolute Gasteiger partial charge is 0.508 e. The van der Waals surface area contributed by atoms with Gasteiger partial charge in [-0.3, -0.25) is 4.79 Å². The number of nitrogens with one attached hydrogen (secondary N) is 1. The van der Waals surface area contributed by atoms with Crippen molar-refractivity contribution in [2.75, 3.05) is 5.32 Å². The molecule has 0 saturated carbocycles. The molecule has 0 spiro atoms. The Labute approximate surface area is 140 Å². The van der Waals surface area contributed by atoms with Crippen molar-refractivity contribution in [3.8, 4) is 11.5 Å². The fraction of sp³-hybridized carbons (Fsp3) is 0.0500. The van der Waals surface area contributed by atoms with Gasteiger partial charge in [0.2, 0.25) is 6.10 Å². The Morgan fingerprint density at radius 3 is 2.04 bits per heavy atom. The Hall–Kier alpha value is -3.27. The monoisotopic (exact) mass is 319 g/mol. The van der Waals surface area contributed by atoms with E-state index in [9.17, 15) is 9.90 Å². The molecule has 24 heavy (non-hydrogen) atoms. The van der Waals surface area contributed by atoms with E-state index in [0.717, 1.165) is 5.56 Å². The SMILES string of the molecule is O=C(Nc1ccc(O)cc1)C(Oc1ccccc1)c1ccccc1. The van der Waals surface area contributed by atoms with Crippen molar-refractivity contribution in [3.05, 3.63) is 90.5 Å². The Morgan fingerprint density at radius 1 is 0.833 bits per heavy atom. The van der Waals surface area contributed by atoms with Crippen LogP contribution >= 0.6 is 0 Å². The second-order valence-corrected chi connectivity index (χ2v) is 5.26. The molecule has 0 bridgehead atoms. The zero-order chi connectivity index (χ0) is 16.8. The quantitative estimate of drug-likeness (QED) is 0.695. The topological polar surface area (TPSA) is 58.6 Å². The van der Waals surface area contributed by atoms with Gasteiger partial charge in [-0.1, -0.05) is 48.5 Å². The highest BCUT2D eigenvalue weighted by Gasteiger charge is 2.22. The molecule has 1 amide bonds. The fourth-order valence-corrected chi connectivity index (χ4v) is 2.29. The minimum atomic E-state index is -0.776. The van der Waals surface area contributed by atoms with Crippen molar-refractivity contribution in [1.82, 2.24) is 0 Å². The van der Waals surface area contributed by atoms with Crippen molar-refractivity contribution in [3.63, 3.8) is 0 Å². The molecule has 2 N–H and O–H groups in total. The Kier molecular flexibility index (Phi) is 4.77. The van der Waals surface area contributed by atoms with Gasteiger partial charge in [0.15, 0.2) is 0 Å². The maximum Gasteiger partial charge on any atom is 0.270 e. The van der Waals surface area contributed by atoms with E-state index >= 15 is 0 Å². The van der Waals surface area contributed by atoms with Gasteiger partial charge in [0.25, 0.3) is 5.91 Å². The van der Waals surface area contributed by atoms with Gasteiger partial charge < -0.3 is 15.2 Å². The van der Waals surface area contributed by atoms with Gasteiger partial charge in [-0.2, -0.15) is 0 Å². The van der Waals surface area contributed by atoms with Gasteiger partial charge >= 0.3 is 0 Å². The van der Waals surface area contributed by atoms with Crippen molar-refractivity contribution in [1.29, 1.82) is 0 Å². The number of hydrogen-bond donors (Lipinski definition) is 2. The van der Waals surface area contributed by atoms with E-state index < -0.39 is 6.10 Å². The van der Waals surface area contributed by atoms with E-state index in [1.807, 2.05) is 60.7 Å². The molecular formula is C20H17NO3. The van der Waals surface area contributed by atoms with Crippen LogP contribution in [0.25, 0.3) is 0 Å². The number of benzene rings is 3. The summed E-state index contributed by atoms with van der Waals surface area (Å²) in [5, 5.41) is 12.1. The number of ether oxygens (including phenoxy) is 1. The fourth-order valence-electron chi connectivity index (χ4n) is 2.29. The minimum absolute atomic E-state index is 0.146. The van der Waals surface area contributed by atoms with Crippen molar-refractivity contribution in [2.45, 2.75) is 6.10 Å². The highest BCUT2D eigenvalue weighted by molar-refractivity contribution is 5.95. The second kappa shape index (κ2) is 7.33. The van der Waals surface area contributed by atoms with E-state index in [4.69, 9.17) is 4.74 Å². The lowest BCUT2D eigenvalue weighted by molar-refractivity contribution is -0.123. The zero-order valence-corrected chi connectivity index (χ0v) is 12.9. The normalized spacial score (nSPS) is 11.5. The van der Waals surface area contributed by atoms with Crippen LogP contribution in [0.2, 0.25) is 0 Å². The number of hydrogen-bond acceptors (Lipinski definition) is 3. The second-order valence-electron chi connectivity index (χ2n) is 5.26. The third-order valence-corrected chi connectivity index (χ3v) is 3.47. The number of para-hydroxylation sites is 1. The molecule has 3 aromatic rings. The smallest absolute Gasteiger partial charge is 0.270 e. The molecule has 1 atom stereocenters. The molecule has 0 radical (unpaired) electrons. The molecule has 3 aromatic carbocycles. The minimum Gasteiger partial charge on any atom is -0.508 e. The third-order valence-electron chi connectivity index (χ3n) is 3.47. The van der Waals surface area contributed by atoms with Crippen LogP contribution in [0.1, 0.15) is 11.7 Å². The average molecular weight is 319 g/mol. The molecule has 0 fully saturated rings. The van der Waals surface area contributed by atoms with Crippen LogP contribution in [0.15, 0.2) is 84.9 Å². The van der Waals surface area contributed by atoms with Gasteiger partial charge in [0.05, 0.1) is 0 Å². The highest BCUT2D eigenvalue weighted by atomic mass is 16.5. The molecule has 3 rings (SSSR count). The zero-order valence-electron chi connectivity index (χ0n) is 12.9. The Balaban J connectivity index is 1.83. The summed E-state index contributed by atoms with van der Waals surface area (Å²) in [6, 6.07) is 24.9. The molecule has 120 valence electrons. The maximum absolute atomic E-state index is 12.7. The predicted molar refractivity (Wildman–Crippen MR) is 93.0 cm³/mol. The number of anilines is 1. The van der Waals surface area contributed by atoms with Crippen molar-refractivity contribution < 1.29 is 14.6 Å². The first kappa shape index (κ1) is 15.6. The molecule has 0 aliphatic carbocycles. The Morgan fingerprint density at radius 2 is 1.42 bits per heavy atom. The van der Waals surface area contributed by atoms with Crippen LogP contribution in [0, 0.1) is 0 Å². The van der Waals surface area contributed by atoms with E-state index in [0.29, 0.717) is 11.4 Å². The van der Waals surface area contributed by atoms with Crippen molar-refractivity contribution >= 4 is 11.6 Å². The van der Waals surface area contributed by atoms with E-state index in [2.05, 4.69) is 5.32 Å². The van der Waals surface area contributed by atoms with Crippen LogP contribution in [0.3, 0.4) is 0 Å². The number of carbonyl (C=O) groups excluding carboxylic acids is 1. The average Bonchev–Trinajstić information content (AvgIpc) is 2.63. The van der Waals surface area contributed by atoms with Gasteiger partial charge in [-0.05, 0) is 36.4 Å². The first-order chi connectivity index (χ1) is 11.7. The van der Waals surface area contributed by atoms with E-state index in [-0.39, 0.29) is 11.7 Å². The molecule has 4 nitrogen and oxygen atoms in total. The summed E-state index contributed by atoms with van der Waals surface area (Å²) in [6.07, 6.45) is -0.776. The van der Waals surface area contributed by atoms with E-state index in [1.54, 1.807) is 12.1 Å². The molecular weight excluding hydrogens is 302 g/mol.